The smallest absolute Gasteiger partial charge is 0.337 e. The summed E-state index contributed by atoms with van der Waals surface area (Å²) in [5.41, 5.74) is 2.22. The standard InChI is InChI=1S/C25H29N5O3S/c1-33-24(32)20-10-12-21(13-11-20)26-23(31)18-34-25-28-27-22(17-29-14-6-3-7-15-29)30(25)16-19-8-4-2-5-9-19/h2,4-5,8-13H,3,6-7,14-18H2,1H3,(H,26,31). The lowest BCUT2D eigenvalue weighted by molar-refractivity contribution is -0.113. The maximum Gasteiger partial charge on any atom is 0.337 e. The van der Waals surface area contributed by atoms with E-state index in [0.29, 0.717) is 17.8 Å². The van der Waals surface area contributed by atoms with Crippen LogP contribution in [-0.2, 0) is 22.6 Å². The molecule has 178 valence electrons. The van der Waals surface area contributed by atoms with Gasteiger partial charge < -0.3 is 14.6 Å². The maximum absolute atomic E-state index is 12.6. The van der Waals surface area contributed by atoms with Crippen molar-refractivity contribution in [3.8, 4) is 0 Å². The third-order valence-electron chi connectivity index (χ3n) is 5.71. The largest absolute Gasteiger partial charge is 0.465 e. The number of methoxy groups -OCH3 is 1. The molecule has 34 heavy (non-hydrogen) atoms. The molecule has 0 unspecified atom stereocenters. The molecule has 1 aliphatic rings. The van der Waals surface area contributed by atoms with Gasteiger partial charge in [-0.15, -0.1) is 10.2 Å². The summed E-state index contributed by atoms with van der Waals surface area (Å²) in [5.74, 6) is 0.566. The van der Waals surface area contributed by atoms with Gasteiger partial charge in [0.25, 0.3) is 0 Å². The number of piperidine rings is 1. The lowest BCUT2D eigenvalue weighted by Gasteiger charge is -2.26. The predicted octanol–water partition coefficient (Wildman–Crippen LogP) is 3.83. The average molecular weight is 480 g/mol. The number of anilines is 1. The van der Waals surface area contributed by atoms with Gasteiger partial charge in [-0.25, -0.2) is 4.79 Å². The zero-order valence-electron chi connectivity index (χ0n) is 19.3. The average Bonchev–Trinajstić information content (AvgIpc) is 3.24. The molecule has 1 N–H and O–H groups in total. The summed E-state index contributed by atoms with van der Waals surface area (Å²) in [6, 6.07) is 16.8. The van der Waals surface area contributed by atoms with Gasteiger partial charge in [0.05, 0.1) is 31.5 Å². The van der Waals surface area contributed by atoms with E-state index in [1.807, 2.05) is 18.2 Å². The first kappa shape index (κ1) is 24.0. The van der Waals surface area contributed by atoms with Gasteiger partial charge in [-0.05, 0) is 55.8 Å². The van der Waals surface area contributed by atoms with Gasteiger partial charge in [-0.1, -0.05) is 48.5 Å². The molecule has 1 aliphatic heterocycles. The van der Waals surface area contributed by atoms with Crippen LogP contribution in [-0.4, -0.2) is 57.5 Å². The number of hydrogen-bond acceptors (Lipinski definition) is 7. The monoisotopic (exact) mass is 479 g/mol. The summed E-state index contributed by atoms with van der Waals surface area (Å²) in [5, 5.41) is 12.5. The highest BCUT2D eigenvalue weighted by Crippen LogP contribution is 2.21. The maximum atomic E-state index is 12.6. The van der Waals surface area contributed by atoms with Crippen molar-refractivity contribution in [3.63, 3.8) is 0 Å². The number of nitrogens with zero attached hydrogens (tertiary/aromatic N) is 4. The minimum Gasteiger partial charge on any atom is -0.465 e. The van der Waals surface area contributed by atoms with Gasteiger partial charge in [0.15, 0.2) is 5.16 Å². The van der Waals surface area contributed by atoms with Crippen LogP contribution < -0.4 is 5.32 Å². The third kappa shape index (κ3) is 6.45. The highest BCUT2D eigenvalue weighted by Gasteiger charge is 2.19. The molecule has 0 aliphatic carbocycles. The Kier molecular flexibility index (Phi) is 8.32. The summed E-state index contributed by atoms with van der Waals surface area (Å²) in [6.45, 7) is 3.59. The number of hydrogen-bond donors (Lipinski definition) is 1. The highest BCUT2D eigenvalue weighted by atomic mass is 32.2. The quantitative estimate of drug-likeness (QED) is 0.369. The molecule has 0 radical (unpaired) electrons. The van der Waals surface area contributed by atoms with Crippen LogP contribution in [0.4, 0.5) is 5.69 Å². The number of aromatic nitrogens is 3. The van der Waals surface area contributed by atoms with Crippen LogP contribution in [0.25, 0.3) is 0 Å². The number of rotatable bonds is 9. The molecule has 1 fully saturated rings. The van der Waals surface area contributed by atoms with E-state index in [0.717, 1.165) is 30.6 Å². The lowest BCUT2D eigenvalue weighted by atomic mass is 10.1. The molecular formula is C25H29N5O3S. The van der Waals surface area contributed by atoms with Crippen molar-refractivity contribution < 1.29 is 14.3 Å². The first-order valence-corrected chi connectivity index (χ1v) is 12.4. The van der Waals surface area contributed by atoms with Gasteiger partial charge in [-0.2, -0.15) is 0 Å². The number of carbonyl (C=O) groups is 2. The molecule has 0 saturated carbocycles. The van der Waals surface area contributed by atoms with Crippen molar-refractivity contribution in [1.82, 2.24) is 19.7 Å². The number of ether oxygens (including phenoxy) is 1. The van der Waals surface area contributed by atoms with Crippen LogP contribution in [0.15, 0.2) is 59.8 Å². The van der Waals surface area contributed by atoms with Crippen LogP contribution in [0.1, 0.15) is 41.0 Å². The normalized spacial score (nSPS) is 14.0. The molecule has 0 spiro atoms. The molecule has 0 atom stereocenters. The van der Waals surface area contributed by atoms with Crippen LogP contribution >= 0.6 is 11.8 Å². The molecule has 2 aromatic carbocycles. The van der Waals surface area contributed by atoms with Crippen LogP contribution in [0.5, 0.6) is 0 Å². The van der Waals surface area contributed by atoms with Crippen LogP contribution in [0.2, 0.25) is 0 Å². The predicted molar refractivity (Wildman–Crippen MR) is 132 cm³/mol. The number of carbonyl (C=O) groups excluding carboxylic acids is 2. The summed E-state index contributed by atoms with van der Waals surface area (Å²) in [6.07, 6.45) is 3.72. The molecular weight excluding hydrogens is 450 g/mol. The molecule has 9 heteroatoms. The van der Waals surface area contributed by atoms with Crippen LogP contribution in [0, 0.1) is 0 Å². The third-order valence-corrected chi connectivity index (χ3v) is 6.68. The van der Waals surface area contributed by atoms with E-state index in [9.17, 15) is 9.59 Å². The molecule has 0 bridgehead atoms. The fourth-order valence-electron chi connectivity index (χ4n) is 3.92. The fraction of sp³-hybridized carbons (Fsp3) is 0.360. The number of likely N-dealkylation sites (tertiary alicyclic amines) is 1. The minimum atomic E-state index is -0.411. The summed E-state index contributed by atoms with van der Waals surface area (Å²) in [7, 11) is 1.34. The Morgan fingerprint density at radius 1 is 0.971 bits per heavy atom. The Morgan fingerprint density at radius 2 is 1.71 bits per heavy atom. The molecule has 4 rings (SSSR count). The number of esters is 1. The van der Waals surface area contributed by atoms with Gasteiger partial charge in [-0.3, -0.25) is 9.69 Å². The number of amides is 1. The SMILES string of the molecule is COC(=O)c1ccc(NC(=O)CSc2nnc(CN3CCCCC3)n2Cc2ccccc2)cc1. The van der Waals surface area contributed by atoms with Crippen molar-refractivity contribution in [2.75, 3.05) is 31.3 Å². The van der Waals surface area contributed by atoms with E-state index in [1.165, 1.54) is 43.7 Å². The zero-order chi connectivity index (χ0) is 23.8. The van der Waals surface area contributed by atoms with E-state index in [2.05, 4.69) is 37.1 Å². The topological polar surface area (TPSA) is 89.3 Å². The van der Waals surface area contributed by atoms with Crippen molar-refractivity contribution >= 4 is 29.3 Å². The lowest BCUT2D eigenvalue weighted by Crippen LogP contribution is -2.30. The Hall–Kier alpha value is -3.17. The Morgan fingerprint density at radius 3 is 2.41 bits per heavy atom. The van der Waals surface area contributed by atoms with Crippen molar-refractivity contribution in [2.24, 2.45) is 0 Å². The molecule has 1 aromatic heterocycles. The zero-order valence-corrected chi connectivity index (χ0v) is 20.1. The van der Waals surface area contributed by atoms with E-state index in [1.54, 1.807) is 24.3 Å². The Bertz CT molecular complexity index is 1100. The van der Waals surface area contributed by atoms with Crippen molar-refractivity contribution in [2.45, 2.75) is 37.5 Å². The molecule has 3 aromatic rings. The van der Waals surface area contributed by atoms with E-state index in [4.69, 9.17) is 4.74 Å². The second-order valence-corrected chi connectivity index (χ2v) is 9.16. The molecule has 8 nitrogen and oxygen atoms in total. The van der Waals surface area contributed by atoms with E-state index in [-0.39, 0.29) is 11.7 Å². The minimum absolute atomic E-state index is 0.150. The summed E-state index contributed by atoms with van der Waals surface area (Å²) in [4.78, 5) is 26.6. The fourth-order valence-corrected chi connectivity index (χ4v) is 4.68. The van der Waals surface area contributed by atoms with Crippen molar-refractivity contribution in [1.29, 1.82) is 0 Å². The molecule has 1 amide bonds. The van der Waals surface area contributed by atoms with E-state index >= 15 is 0 Å². The highest BCUT2D eigenvalue weighted by molar-refractivity contribution is 7.99. The molecule has 1 saturated heterocycles. The first-order chi connectivity index (χ1) is 16.6. The van der Waals surface area contributed by atoms with Crippen molar-refractivity contribution in [3.05, 3.63) is 71.5 Å². The second kappa shape index (κ2) is 11.8. The number of benzene rings is 2. The van der Waals surface area contributed by atoms with Gasteiger partial charge >= 0.3 is 5.97 Å². The van der Waals surface area contributed by atoms with Crippen LogP contribution in [0.3, 0.4) is 0 Å². The number of nitrogens with one attached hydrogen (secondary N) is 1. The van der Waals surface area contributed by atoms with Gasteiger partial charge in [0.1, 0.15) is 5.82 Å². The second-order valence-electron chi connectivity index (χ2n) is 8.21. The van der Waals surface area contributed by atoms with E-state index < -0.39 is 5.97 Å². The molecule has 2 heterocycles. The van der Waals surface area contributed by atoms with Gasteiger partial charge in [0.2, 0.25) is 5.91 Å². The Balaban J connectivity index is 1.41. The number of thioether (sulfide) groups is 1. The van der Waals surface area contributed by atoms with Gasteiger partial charge in [0, 0.05) is 5.69 Å². The summed E-state index contributed by atoms with van der Waals surface area (Å²) < 4.78 is 6.82. The Labute approximate surface area is 203 Å². The first-order valence-electron chi connectivity index (χ1n) is 11.4. The summed E-state index contributed by atoms with van der Waals surface area (Å²) >= 11 is 1.37.